The first-order chi connectivity index (χ1) is 7.93. The van der Waals surface area contributed by atoms with Crippen molar-refractivity contribution in [1.29, 1.82) is 0 Å². The van der Waals surface area contributed by atoms with Gasteiger partial charge in [0.2, 0.25) is 0 Å². The highest BCUT2D eigenvalue weighted by Gasteiger charge is 2.11. The van der Waals surface area contributed by atoms with Crippen LogP contribution in [-0.2, 0) is 4.74 Å². The SMILES string of the molecule is Br.CCCCCCCCCCC1CNCCO1.N. The Morgan fingerprint density at radius 1 is 1.00 bits per heavy atom. The summed E-state index contributed by atoms with van der Waals surface area (Å²) < 4.78 is 5.68. The third-order valence-corrected chi connectivity index (χ3v) is 3.38. The van der Waals surface area contributed by atoms with Gasteiger partial charge in [0.15, 0.2) is 0 Å². The number of hydrogen-bond donors (Lipinski definition) is 2. The van der Waals surface area contributed by atoms with Gasteiger partial charge in [-0.25, -0.2) is 0 Å². The first kappa shape index (κ1) is 20.7. The van der Waals surface area contributed by atoms with Crippen molar-refractivity contribution in [2.75, 3.05) is 19.7 Å². The summed E-state index contributed by atoms with van der Waals surface area (Å²) in [7, 11) is 0. The van der Waals surface area contributed by atoms with Crippen molar-refractivity contribution in [2.24, 2.45) is 0 Å². The molecule has 0 aliphatic carbocycles. The van der Waals surface area contributed by atoms with Gasteiger partial charge in [-0.2, -0.15) is 0 Å². The molecule has 0 amide bonds. The van der Waals surface area contributed by atoms with Crippen LogP contribution in [0.2, 0.25) is 0 Å². The molecule has 0 saturated carbocycles. The second-order valence-corrected chi connectivity index (χ2v) is 4.96. The molecule has 1 heterocycles. The third kappa shape index (κ3) is 11.5. The normalized spacial score (nSPS) is 18.8. The predicted octanol–water partition coefficient (Wildman–Crippen LogP) is 4.25. The summed E-state index contributed by atoms with van der Waals surface area (Å²) in [5, 5.41) is 3.39. The lowest BCUT2D eigenvalue weighted by atomic mass is 10.1. The van der Waals surface area contributed by atoms with Gasteiger partial charge in [-0.3, -0.25) is 0 Å². The van der Waals surface area contributed by atoms with Gasteiger partial charge in [0.05, 0.1) is 12.7 Å². The average molecular weight is 325 g/mol. The van der Waals surface area contributed by atoms with E-state index in [4.69, 9.17) is 4.74 Å². The smallest absolute Gasteiger partial charge is 0.0700 e. The first-order valence-corrected chi connectivity index (χ1v) is 7.26. The number of morpholine rings is 1. The fourth-order valence-corrected chi connectivity index (χ4v) is 2.31. The highest BCUT2D eigenvalue weighted by atomic mass is 79.9. The Balaban J connectivity index is 0. The standard InChI is InChI=1S/C14H29NO.BrH.H3N/c1-2-3-4-5-6-7-8-9-10-14-13-15-11-12-16-14;;/h14-15H,2-13H2,1H3;1H;1H3. The van der Waals surface area contributed by atoms with E-state index in [1.165, 1.54) is 57.8 Å². The maximum absolute atomic E-state index is 5.68. The van der Waals surface area contributed by atoms with Gasteiger partial charge < -0.3 is 16.2 Å². The van der Waals surface area contributed by atoms with Gasteiger partial charge in [0, 0.05) is 13.1 Å². The van der Waals surface area contributed by atoms with Crippen LogP contribution in [0, 0.1) is 0 Å². The molecule has 112 valence electrons. The zero-order chi connectivity index (χ0) is 11.5. The van der Waals surface area contributed by atoms with E-state index in [0.29, 0.717) is 6.10 Å². The molecule has 1 aliphatic rings. The molecule has 0 aromatic heterocycles. The molecule has 0 aromatic rings. The Hall–Kier alpha value is 0.360. The van der Waals surface area contributed by atoms with E-state index in [-0.39, 0.29) is 23.1 Å². The molecule has 0 radical (unpaired) electrons. The lowest BCUT2D eigenvalue weighted by Crippen LogP contribution is -2.38. The zero-order valence-corrected chi connectivity index (χ0v) is 13.8. The van der Waals surface area contributed by atoms with Crippen molar-refractivity contribution < 1.29 is 4.74 Å². The molecule has 4 N–H and O–H groups in total. The number of nitrogens with one attached hydrogen (secondary N) is 1. The van der Waals surface area contributed by atoms with Crippen LogP contribution in [0.25, 0.3) is 0 Å². The Bertz CT molecular complexity index is 153. The van der Waals surface area contributed by atoms with Crippen LogP contribution in [0.4, 0.5) is 0 Å². The monoisotopic (exact) mass is 324 g/mol. The molecule has 18 heavy (non-hydrogen) atoms. The van der Waals surface area contributed by atoms with Gasteiger partial charge in [-0.15, -0.1) is 17.0 Å². The van der Waals surface area contributed by atoms with Crippen LogP contribution < -0.4 is 11.5 Å². The van der Waals surface area contributed by atoms with E-state index in [1.807, 2.05) is 0 Å². The zero-order valence-electron chi connectivity index (χ0n) is 12.1. The largest absolute Gasteiger partial charge is 0.376 e. The van der Waals surface area contributed by atoms with Crippen molar-refractivity contribution in [2.45, 2.75) is 70.8 Å². The van der Waals surface area contributed by atoms with Crippen molar-refractivity contribution in [3.8, 4) is 0 Å². The van der Waals surface area contributed by atoms with Crippen molar-refractivity contribution in [1.82, 2.24) is 11.5 Å². The molecule has 1 fully saturated rings. The lowest BCUT2D eigenvalue weighted by molar-refractivity contribution is 0.0220. The summed E-state index contributed by atoms with van der Waals surface area (Å²) in [5.41, 5.74) is 0. The fraction of sp³-hybridized carbons (Fsp3) is 1.00. The Kier molecular flexibility index (Phi) is 17.7. The summed E-state index contributed by atoms with van der Waals surface area (Å²) in [4.78, 5) is 0. The van der Waals surface area contributed by atoms with E-state index in [1.54, 1.807) is 0 Å². The highest BCUT2D eigenvalue weighted by molar-refractivity contribution is 8.93. The molecule has 1 aliphatic heterocycles. The first-order valence-electron chi connectivity index (χ1n) is 7.26. The summed E-state index contributed by atoms with van der Waals surface area (Å²) in [6, 6.07) is 0. The molecule has 1 unspecified atom stereocenters. The number of ether oxygens (including phenoxy) is 1. The van der Waals surface area contributed by atoms with Crippen LogP contribution >= 0.6 is 17.0 Å². The maximum Gasteiger partial charge on any atom is 0.0700 e. The number of halogens is 1. The molecule has 0 aromatic carbocycles. The summed E-state index contributed by atoms with van der Waals surface area (Å²) in [6.07, 6.45) is 13.0. The van der Waals surface area contributed by atoms with Crippen LogP contribution in [-0.4, -0.2) is 25.8 Å². The topological polar surface area (TPSA) is 56.3 Å². The van der Waals surface area contributed by atoms with Gasteiger partial charge in [0.1, 0.15) is 0 Å². The Labute approximate surface area is 124 Å². The van der Waals surface area contributed by atoms with Gasteiger partial charge >= 0.3 is 0 Å². The molecule has 1 atom stereocenters. The maximum atomic E-state index is 5.68. The van der Waals surface area contributed by atoms with E-state index in [2.05, 4.69) is 12.2 Å². The molecule has 0 bridgehead atoms. The predicted molar refractivity (Wildman–Crippen MR) is 85.2 cm³/mol. The highest BCUT2D eigenvalue weighted by Crippen LogP contribution is 2.12. The number of hydrogen-bond acceptors (Lipinski definition) is 3. The van der Waals surface area contributed by atoms with Crippen molar-refractivity contribution in [3.05, 3.63) is 0 Å². The molecule has 3 nitrogen and oxygen atoms in total. The fourth-order valence-electron chi connectivity index (χ4n) is 2.31. The van der Waals surface area contributed by atoms with Gasteiger partial charge in [-0.1, -0.05) is 58.3 Å². The number of unbranched alkanes of at least 4 members (excludes halogenated alkanes) is 7. The molecule has 1 saturated heterocycles. The second-order valence-electron chi connectivity index (χ2n) is 4.96. The van der Waals surface area contributed by atoms with E-state index in [0.717, 1.165) is 19.7 Å². The van der Waals surface area contributed by atoms with Crippen molar-refractivity contribution in [3.63, 3.8) is 0 Å². The van der Waals surface area contributed by atoms with E-state index in [9.17, 15) is 0 Å². The minimum atomic E-state index is 0. The number of rotatable bonds is 9. The molecular formula is C14H33BrN2O. The Morgan fingerprint density at radius 3 is 2.17 bits per heavy atom. The van der Waals surface area contributed by atoms with E-state index >= 15 is 0 Å². The molecular weight excluding hydrogens is 292 g/mol. The van der Waals surface area contributed by atoms with Crippen LogP contribution in [0.1, 0.15) is 64.7 Å². The quantitative estimate of drug-likeness (QED) is 0.623. The molecule has 1 rings (SSSR count). The minimum Gasteiger partial charge on any atom is -0.376 e. The lowest BCUT2D eigenvalue weighted by Gasteiger charge is -2.23. The van der Waals surface area contributed by atoms with Crippen LogP contribution in [0.5, 0.6) is 0 Å². The minimum absolute atomic E-state index is 0. The van der Waals surface area contributed by atoms with Crippen LogP contribution in [0.15, 0.2) is 0 Å². The van der Waals surface area contributed by atoms with Crippen LogP contribution in [0.3, 0.4) is 0 Å². The second kappa shape index (κ2) is 15.4. The summed E-state index contributed by atoms with van der Waals surface area (Å²) in [5.74, 6) is 0. The Morgan fingerprint density at radius 2 is 1.61 bits per heavy atom. The average Bonchev–Trinajstić information content (AvgIpc) is 2.34. The summed E-state index contributed by atoms with van der Waals surface area (Å²) in [6.45, 7) is 5.28. The van der Waals surface area contributed by atoms with E-state index < -0.39 is 0 Å². The van der Waals surface area contributed by atoms with Gasteiger partial charge in [-0.05, 0) is 6.42 Å². The summed E-state index contributed by atoms with van der Waals surface area (Å²) >= 11 is 0. The van der Waals surface area contributed by atoms with Crippen molar-refractivity contribution >= 4 is 17.0 Å². The van der Waals surface area contributed by atoms with Gasteiger partial charge in [0.25, 0.3) is 0 Å². The molecule has 0 spiro atoms. The molecule has 4 heteroatoms. The third-order valence-electron chi connectivity index (χ3n) is 3.38.